The van der Waals surface area contributed by atoms with E-state index in [1.54, 1.807) is 18.2 Å². The maximum atomic E-state index is 13.2. The van der Waals surface area contributed by atoms with E-state index in [1.807, 2.05) is 37.3 Å². The van der Waals surface area contributed by atoms with Gasteiger partial charge in [-0.15, -0.1) is 0 Å². The molecule has 37 heavy (non-hydrogen) atoms. The molecule has 4 aromatic rings. The molecule has 3 aromatic carbocycles. The summed E-state index contributed by atoms with van der Waals surface area (Å²) in [7, 11) is 0. The fraction of sp³-hybridized carbons (Fsp3) is 0.241. The van der Waals surface area contributed by atoms with Gasteiger partial charge in [-0.3, -0.25) is 0 Å². The molecule has 0 saturated heterocycles. The van der Waals surface area contributed by atoms with Crippen LogP contribution >= 0.6 is 0 Å². The largest absolute Gasteiger partial charge is 0.493 e. The van der Waals surface area contributed by atoms with Crippen molar-refractivity contribution in [2.45, 2.75) is 39.4 Å². The van der Waals surface area contributed by atoms with Gasteiger partial charge in [-0.05, 0) is 75.4 Å². The molecule has 8 heteroatoms. The first-order valence-corrected chi connectivity index (χ1v) is 11.8. The summed E-state index contributed by atoms with van der Waals surface area (Å²) < 4.78 is 36.6. The minimum absolute atomic E-state index is 0.0662. The highest BCUT2D eigenvalue weighted by Crippen LogP contribution is 2.29. The normalized spacial score (nSPS) is 11.2. The van der Waals surface area contributed by atoms with Gasteiger partial charge in [0.05, 0.1) is 12.3 Å². The van der Waals surface area contributed by atoms with Crippen LogP contribution in [0.25, 0.3) is 11.5 Å². The number of ether oxygens (including phenoxy) is 3. The van der Waals surface area contributed by atoms with Crippen molar-refractivity contribution in [2.24, 2.45) is 0 Å². The van der Waals surface area contributed by atoms with Crippen molar-refractivity contribution in [1.29, 1.82) is 0 Å². The van der Waals surface area contributed by atoms with Crippen LogP contribution in [0.5, 0.6) is 17.2 Å². The number of aliphatic carboxylic acids is 1. The standard InChI is InChI=1S/C29H28FNO6/c1-19-25(31-27(36-19)20-7-5-4-6-8-20)15-16-34-24-13-14-26(37-29(2,3)28(32)33)21(17-24)18-35-23-11-9-22(30)10-12-23/h4-14,17H,15-16,18H2,1-3H3,(H,32,33). The Bertz CT molecular complexity index is 1350. The first-order valence-electron chi connectivity index (χ1n) is 11.8. The van der Waals surface area contributed by atoms with Gasteiger partial charge in [0.25, 0.3) is 0 Å². The number of oxazole rings is 1. The molecule has 0 unspecified atom stereocenters. The Labute approximate surface area is 214 Å². The topological polar surface area (TPSA) is 91.0 Å². The van der Waals surface area contributed by atoms with Crippen LogP contribution in [-0.2, 0) is 17.8 Å². The molecule has 1 N–H and O–H groups in total. The maximum absolute atomic E-state index is 13.2. The number of hydrogen-bond acceptors (Lipinski definition) is 6. The van der Waals surface area contributed by atoms with E-state index in [9.17, 15) is 14.3 Å². The second-order valence-electron chi connectivity index (χ2n) is 8.92. The van der Waals surface area contributed by atoms with Crippen LogP contribution in [0.3, 0.4) is 0 Å². The molecule has 1 heterocycles. The number of aromatic nitrogens is 1. The van der Waals surface area contributed by atoms with E-state index in [1.165, 1.54) is 38.1 Å². The van der Waals surface area contributed by atoms with Crippen LogP contribution in [0.4, 0.5) is 4.39 Å². The van der Waals surface area contributed by atoms with Gasteiger partial charge in [0, 0.05) is 17.5 Å². The summed E-state index contributed by atoms with van der Waals surface area (Å²) >= 11 is 0. The van der Waals surface area contributed by atoms with Gasteiger partial charge in [0.1, 0.15) is 35.4 Å². The van der Waals surface area contributed by atoms with Crippen molar-refractivity contribution in [2.75, 3.05) is 6.61 Å². The van der Waals surface area contributed by atoms with Gasteiger partial charge in [-0.1, -0.05) is 18.2 Å². The molecule has 0 saturated carbocycles. The average molecular weight is 506 g/mol. The van der Waals surface area contributed by atoms with E-state index in [0.717, 1.165) is 17.0 Å². The summed E-state index contributed by atoms with van der Waals surface area (Å²) in [4.78, 5) is 16.2. The zero-order valence-corrected chi connectivity index (χ0v) is 20.9. The number of carboxylic acid groups (broad SMARTS) is 1. The van der Waals surface area contributed by atoms with E-state index < -0.39 is 11.6 Å². The van der Waals surface area contributed by atoms with Crippen molar-refractivity contribution in [1.82, 2.24) is 4.98 Å². The van der Waals surface area contributed by atoms with Crippen molar-refractivity contribution >= 4 is 5.97 Å². The lowest BCUT2D eigenvalue weighted by Crippen LogP contribution is -2.38. The number of aryl methyl sites for hydroxylation is 1. The van der Waals surface area contributed by atoms with Gasteiger partial charge >= 0.3 is 5.97 Å². The number of halogens is 1. The molecule has 0 amide bonds. The Kier molecular flexibility index (Phi) is 7.77. The van der Waals surface area contributed by atoms with Gasteiger partial charge in [0.15, 0.2) is 5.60 Å². The van der Waals surface area contributed by atoms with Crippen LogP contribution in [0.2, 0.25) is 0 Å². The number of carboxylic acids is 1. The van der Waals surface area contributed by atoms with Gasteiger partial charge in [-0.2, -0.15) is 0 Å². The molecule has 0 spiro atoms. The second-order valence-corrected chi connectivity index (χ2v) is 8.92. The molecule has 0 radical (unpaired) electrons. The van der Waals surface area contributed by atoms with Crippen LogP contribution in [-0.4, -0.2) is 28.3 Å². The molecule has 4 rings (SSSR count). The van der Waals surface area contributed by atoms with Gasteiger partial charge in [-0.25, -0.2) is 14.2 Å². The minimum Gasteiger partial charge on any atom is -0.493 e. The predicted molar refractivity (Wildman–Crippen MR) is 135 cm³/mol. The highest BCUT2D eigenvalue weighted by Gasteiger charge is 2.30. The Morgan fingerprint density at radius 2 is 1.70 bits per heavy atom. The molecule has 192 valence electrons. The third-order valence-corrected chi connectivity index (χ3v) is 5.64. The molecule has 0 aliphatic heterocycles. The van der Waals surface area contributed by atoms with Gasteiger partial charge in [0.2, 0.25) is 5.89 Å². The number of rotatable bonds is 11. The number of carbonyl (C=O) groups is 1. The molecule has 7 nitrogen and oxygen atoms in total. The number of hydrogen-bond donors (Lipinski definition) is 1. The van der Waals surface area contributed by atoms with Crippen molar-refractivity contribution < 1.29 is 32.9 Å². The molecule has 0 aliphatic carbocycles. The van der Waals surface area contributed by atoms with E-state index in [0.29, 0.717) is 41.7 Å². The molecule has 1 aromatic heterocycles. The number of nitrogens with zero attached hydrogens (tertiary/aromatic N) is 1. The molecular formula is C29H28FNO6. The summed E-state index contributed by atoms with van der Waals surface area (Å²) in [6, 6.07) is 20.4. The second kappa shape index (κ2) is 11.2. The van der Waals surface area contributed by atoms with Crippen LogP contribution in [0.1, 0.15) is 30.9 Å². The van der Waals surface area contributed by atoms with Crippen molar-refractivity contribution in [3.05, 3.63) is 95.6 Å². The smallest absolute Gasteiger partial charge is 0.347 e. The van der Waals surface area contributed by atoms with Gasteiger partial charge < -0.3 is 23.7 Å². The van der Waals surface area contributed by atoms with E-state index in [4.69, 9.17) is 18.6 Å². The van der Waals surface area contributed by atoms with Crippen molar-refractivity contribution in [3.63, 3.8) is 0 Å². The molecule has 0 atom stereocenters. The fourth-order valence-corrected chi connectivity index (χ4v) is 3.50. The molecular weight excluding hydrogens is 477 g/mol. The highest BCUT2D eigenvalue weighted by molar-refractivity contribution is 5.76. The first-order chi connectivity index (χ1) is 17.7. The summed E-state index contributed by atoms with van der Waals surface area (Å²) in [6.45, 7) is 5.22. The van der Waals surface area contributed by atoms with Crippen LogP contribution in [0.15, 0.2) is 77.2 Å². The quantitative estimate of drug-likeness (QED) is 0.258. The molecule has 0 fully saturated rings. The van der Waals surface area contributed by atoms with Crippen LogP contribution < -0.4 is 14.2 Å². The Morgan fingerprint density at radius 3 is 2.41 bits per heavy atom. The maximum Gasteiger partial charge on any atom is 0.347 e. The third-order valence-electron chi connectivity index (χ3n) is 5.64. The zero-order chi connectivity index (χ0) is 26.4. The zero-order valence-electron chi connectivity index (χ0n) is 20.9. The van der Waals surface area contributed by atoms with E-state index >= 15 is 0 Å². The fourth-order valence-electron chi connectivity index (χ4n) is 3.50. The van der Waals surface area contributed by atoms with Crippen LogP contribution in [0, 0.1) is 12.7 Å². The first kappa shape index (κ1) is 25.8. The lowest BCUT2D eigenvalue weighted by Gasteiger charge is -2.24. The van der Waals surface area contributed by atoms with Crippen molar-refractivity contribution in [3.8, 4) is 28.7 Å². The summed E-state index contributed by atoms with van der Waals surface area (Å²) in [6.07, 6.45) is 0.536. The predicted octanol–water partition coefficient (Wildman–Crippen LogP) is 6.23. The Morgan fingerprint density at radius 1 is 1.00 bits per heavy atom. The van der Waals surface area contributed by atoms with E-state index in [2.05, 4.69) is 4.98 Å². The molecule has 0 aliphatic rings. The molecule has 0 bridgehead atoms. The monoisotopic (exact) mass is 505 g/mol. The SMILES string of the molecule is Cc1oc(-c2ccccc2)nc1CCOc1ccc(OC(C)(C)C(=O)O)c(COc2ccc(F)cc2)c1. The third kappa shape index (κ3) is 6.67. The highest BCUT2D eigenvalue weighted by atomic mass is 19.1. The van der Waals surface area contributed by atoms with E-state index in [-0.39, 0.29) is 12.4 Å². The Hall–Kier alpha value is -4.33. The summed E-state index contributed by atoms with van der Waals surface area (Å²) in [5, 5.41) is 9.47. The minimum atomic E-state index is -1.45. The lowest BCUT2D eigenvalue weighted by atomic mass is 10.1. The average Bonchev–Trinajstić information content (AvgIpc) is 3.25. The lowest BCUT2D eigenvalue weighted by molar-refractivity contribution is -0.152. The summed E-state index contributed by atoms with van der Waals surface area (Å²) in [5.74, 6) is 1.20. The Balaban J connectivity index is 1.46. The summed E-state index contributed by atoms with van der Waals surface area (Å²) in [5.41, 5.74) is 0.846. The number of benzene rings is 3.